The van der Waals surface area contributed by atoms with E-state index in [0.717, 1.165) is 0 Å². The number of hydrogen-bond donors (Lipinski definition) is 2. The van der Waals surface area contributed by atoms with Crippen LogP contribution in [-0.4, -0.2) is 30.5 Å². The summed E-state index contributed by atoms with van der Waals surface area (Å²) in [5.41, 5.74) is 2.56. The van der Waals surface area contributed by atoms with Crippen molar-refractivity contribution in [1.29, 1.82) is 0 Å². The highest BCUT2D eigenvalue weighted by Crippen LogP contribution is 1.87. The SMILES string of the molecule is CCN/N=C(/C(=O)CC)C(=O)NCC. The van der Waals surface area contributed by atoms with E-state index in [9.17, 15) is 9.59 Å². The zero-order valence-electron chi connectivity index (χ0n) is 8.89. The van der Waals surface area contributed by atoms with E-state index in [0.29, 0.717) is 13.1 Å². The minimum absolute atomic E-state index is 0.0452. The maximum atomic E-state index is 11.3. The van der Waals surface area contributed by atoms with Crippen LogP contribution in [0.25, 0.3) is 0 Å². The van der Waals surface area contributed by atoms with Crippen LogP contribution >= 0.6 is 0 Å². The lowest BCUT2D eigenvalue weighted by molar-refractivity contribution is -0.117. The highest BCUT2D eigenvalue weighted by atomic mass is 16.2. The Morgan fingerprint density at radius 2 is 1.79 bits per heavy atom. The number of Topliss-reactive ketones (excluding diaryl/α,β-unsaturated/α-hetero) is 1. The number of amides is 1. The van der Waals surface area contributed by atoms with E-state index in [1.807, 2.05) is 6.92 Å². The average molecular weight is 199 g/mol. The molecule has 5 nitrogen and oxygen atoms in total. The molecular weight excluding hydrogens is 182 g/mol. The van der Waals surface area contributed by atoms with Crippen LogP contribution in [0.3, 0.4) is 0 Å². The van der Waals surface area contributed by atoms with E-state index in [1.165, 1.54) is 0 Å². The van der Waals surface area contributed by atoms with E-state index >= 15 is 0 Å². The molecule has 0 heterocycles. The quantitative estimate of drug-likeness (QED) is 0.361. The third-order valence-electron chi connectivity index (χ3n) is 1.49. The smallest absolute Gasteiger partial charge is 0.275 e. The Hall–Kier alpha value is -1.39. The van der Waals surface area contributed by atoms with E-state index in [-0.39, 0.29) is 17.9 Å². The molecule has 0 rings (SSSR count). The molecule has 2 N–H and O–H groups in total. The molecule has 0 aromatic heterocycles. The average Bonchev–Trinajstić information content (AvgIpc) is 2.18. The highest BCUT2D eigenvalue weighted by Gasteiger charge is 2.17. The Labute approximate surface area is 83.9 Å². The number of hydrogen-bond acceptors (Lipinski definition) is 4. The summed E-state index contributed by atoms with van der Waals surface area (Å²) in [4.78, 5) is 22.6. The standard InChI is InChI=1S/C9H17N3O2/c1-4-7(13)8(12-11-6-3)9(14)10-5-2/h11H,4-6H2,1-3H3,(H,10,14)/b12-8-. The van der Waals surface area contributed by atoms with Crippen molar-refractivity contribution in [2.45, 2.75) is 27.2 Å². The van der Waals surface area contributed by atoms with Crippen molar-refractivity contribution in [1.82, 2.24) is 10.7 Å². The number of carbonyl (C=O) groups excluding carboxylic acids is 2. The van der Waals surface area contributed by atoms with Gasteiger partial charge < -0.3 is 10.7 Å². The van der Waals surface area contributed by atoms with E-state index in [1.54, 1.807) is 13.8 Å². The van der Waals surface area contributed by atoms with Crippen LogP contribution in [0.1, 0.15) is 27.2 Å². The molecule has 0 bridgehead atoms. The first kappa shape index (κ1) is 12.6. The number of rotatable bonds is 6. The lowest BCUT2D eigenvalue weighted by Gasteiger charge is -2.04. The summed E-state index contributed by atoms with van der Waals surface area (Å²) in [6.07, 6.45) is 0.279. The van der Waals surface area contributed by atoms with Crippen molar-refractivity contribution in [2.24, 2.45) is 5.10 Å². The van der Waals surface area contributed by atoms with Crippen LogP contribution in [0.4, 0.5) is 0 Å². The van der Waals surface area contributed by atoms with Gasteiger partial charge in [-0.15, -0.1) is 0 Å². The Balaban J connectivity index is 4.54. The Morgan fingerprint density at radius 3 is 2.21 bits per heavy atom. The van der Waals surface area contributed by atoms with Gasteiger partial charge >= 0.3 is 0 Å². The van der Waals surface area contributed by atoms with Gasteiger partial charge in [0.1, 0.15) is 0 Å². The zero-order valence-corrected chi connectivity index (χ0v) is 8.89. The molecule has 0 unspecified atom stereocenters. The van der Waals surface area contributed by atoms with Gasteiger partial charge in [0.15, 0.2) is 11.5 Å². The highest BCUT2D eigenvalue weighted by molar-refractivity contribution is 6.65. The van der Waals surface area contributed by atoms with Crippen molar-refractivity contribution in [3.63, 3.8) is 0 Å². The van der Waals surface area contributed by atoms with E-state index < -0.39 is 5.91 Å². The van der Waals surface area contributed by atoms with Gasteiger partial charge in [-0.2, -0.15) is 5.10 Å². The van der Waals surface area contributed by atoms with Crippen LogP contribution in [0.15, 0.2) is 5.10 Å². The van der Waals surface area contributed by atoms with Gasteiger partial charge in [-0.05, 0) is 13.8 Å². The minimum atomic E-state index is -0.416. The van der Waals surface area contributed by atoms with Crippen LogP contribution in [0.2, 0.25) is 0 Å². The van der Waals surface area contributed by atoms with Crippen molar-refractivity contribution < 1.29 is 9.59 Å². The van der Waals surface area contributed by atoms with Gasteiger partial charge in [-0.3, -0.25) is 9.59 Å². The number of hydrazone groups is 1. The van der Waals surface area contributed by atoms with Crippen molar-refractivity contribution in [3.8, 4) is 0 Å². The summed E-state index contributed by atoms with van der Waals surface area (Å²) in [6, 6.07) is 0. The molecule has 80 valence electrons. The Morgan fingerprint density at radius 1 is 1.14 bits per heavy atom. The fourth-order valence-corrected chi connectivity index (χ4v) is 0.810. The molecule has 0 radical (unpaired) electrons. The summed E-state index contributed by atoms with van der Waals surface area (Å²) in [5.74, 6) is -0.669. The molecule has 0 saturated heterocycles. The molecule has 0 aliphatic heterocycles. The molecule has 0 aromatic rings. The number of ketones is 1. The van der Waals surface area contributed by atoms with E-state index in [4.69, 9.17) is 0 Å². The van der Waals surface area contributed by atoms with Gasteiger partial charge in [-0.25, -0.2) is 0 Å². The Kier molecular flexibility index (Phi) is 6.36. The first-order valence-electron chi connectivity index (χ1n) is 4.79. The van der Waals surface area contributed by atoms with Crippen molar-refractivity contribution in [3.05, 3.63) is 0 Å². The molecule has 0 saturated carbocycles. The van der Waals surface area contributed by atoms with Crippen LogP contribution in [0.5, 0.6) is 0 Å². The predicted octanol–water partition coefficient (Wildman–Crippen LogP) is 0.0671. The second-order valence-electron chi connectivity index (χ2n) is 2.61. The zero-order chi connectivity index (χ0) is 11.0. The molecule has 0 atom stereocenters. The van der Waals surface area contributed by atoms with Crippen LogP contribution < -0.4 is 10.7 Å². The molecule has 5 heteroatoms. The fraction of sp³-hybridized carbons (Fsp3) is 0.667. The molecule has 0 aliphatic rings. The topological polar surface area (TPSA) is 70.6 Å². The molecule has 0 aliphatic carbocycles. The normalized spacial score (nSPS) is 10.9. The molecule has 0 spiro atoms. The van der Waals surface area contributed by atoms with Gasteiger partial charge in [0.2, 0.25) is 0 Å². The molecule has 1 amide bonds. The van der Waals surface area contributed by atoms with Gasteiger partial charge in [0.25, 0.3) is 5.91 Å². The first-order chi connectivity index (χ1) is 6.67. The van der Waals surface area contributed by atoms with Crippen LogP contribution in [-0.2, 0) is 9.59 Å². The number of nitrogens with zero attached hydrogens (tertiary/aromatic N) is 1. The summed E-state index contributed by atoms with van der Waals surface area (Å²) < 4.78 is 0. The maximum absolute atomic E-state index is 11.3. The molecule has 0 fully saturated rings. The van der Waals surface area contributed by atoms with Gasteiger partial charge in [0.05, 0.1) is 0 Å². The molecule has 0 aromatic carbocycles. The summed E-state index contributed by atoms with van der Waals surface area (Å²) in [6.45, 7) is 6.40. The van der Waals surface area contributed by atoms with Crippen LogP contribution in [0, 0.1) is 0 Å². The van der Waals surface area contributed by atoms with Gasteiger partial charge in [-0.1, -0.05) is 6.92 Å². The lowest BCUT2D eigenvalue weighted by atomic mass is 10.2. The summed E-state index contributed by atoms with van der Waals surface area (Å²) in [5, 5.41) is 6.28. The molecular formula is C9H17N3O2. The second-order valence-corrected chi connectivity index (χ2v) is 2.61. The largest absolute Gasteiger partial charge is 0.351 e. The first-order valence-corrected chi connectivity index (χ1v) is 4.79. The fourth-order valence-electron chi connectivity index (χ4n) is 0.810. The van der Waals surface area contributed by atoms with Crippen molar-refractivity contribution in [2.75, 3.05) is 13.1 Å². The minimum Gasteiger partial charge on any atom is -0.351 e. The number of nitrogens with one attached hydrogen (secondary N) is 2. The van der Waals surface area contributed by atoms with Crippen molar-refractivity contribution >= 4 is 17.4 Å². The summed E-state index contributed by atoms with van der Waals surface area (Å²) in [7, 11) is 0. The monoisotopic (exact) mass is 199 g/mol. The third kappa shape index (κ3) is 4.02. The summed E-state index contributed by atoms with van der Waals surface area (Å²) >= 11 is 0. The number of carbonyl (C=O) groups is 2. The predicted molar refractivity (Wildman–Crippen MR) is 55.1 cm³/mol. The maximum Gasteiger partial charge on any atom is 0.275 e. The van der Waals surface area contributed by atoms with Gasteiger partial charge in [0, 0.05) is 19.5 Å². The molecule has 14 heavy (non-hydrogen) atoms. The second kappa shape index (κ2) is 7.06. The third-order valence-corrected chi connectivity index (χ3v) is 1.49. The van der Waals surface area contributed by atoms with E-state index in [2.05, 4.69) is 15.8 Å². The Bertz CT molecular complexity index is 236. The lowest BCUT2D eigenvalue weighted by Crippen LogP contribution is -2.36.